The van der Waals surface area contributed by atoms with E-state index in [0.717, 1.165) is 12.5 Å². The second-order valence-corrected chi connectivity index (χ2v) is 4.11. The molecule has 0 bridgehead atoms. The molecule has 0 saturated carbocycles. The van der Waals surface area contributed by atoms with Crippen LogP contribution in [0.25, 0.3) is 0 Å². The van der Waals surface area contributed by atoms with E-state index in [1.165, 1.54) is 12.1 Å². The molecule has 1 aromatic carbocycles. The molecule has 0 spiro atoms. The van der Waals surface area contributed by atoms with Gasteiger partial charge in [-0.2, -0.15) is 13.2 Å². The molecule has 0 aliphatic rings. The molecule has 0 amide bonds. The van der Waals surface area contributed by atoms with Crippen LogP contribution in [0.15, 0.2) is 36.7 Å². The van der Waals surface area contributed by atoms with Crippen molar-refractivity contribution in [3.8, 4) is 0 Å². The quantitative estimate of drug-likeness (QED) is 0.907. The van der Waals surface area contributed by atoms with Gasteiger partial charge in [-0.3, -0.25) is 0 Å². The molecule has 6 heteroatoms. The Bertz CT molecular complexity index is 546. The van der Waals surface area contributed by atoms with E-state index in [2.05, 4.69) is 10.3 Å². The molecule has 0 aliphatic heterocycles. The number of imidazole rings is 1. The Morgan fingerprint density at radius 3 is 2.68 bits per heavy atom. The third kappa shape index (κ3) is 3.07. The zero-order chi connectivity index (χ0) is 13.9. The van der Waals surface area contributed by atoms with E-state index in [4.69, 9.17) is 0 Å². The maximum atomic E-state index is 12.9. The van der Waals surface area contributed by atoms with Gasteiger partial charge in [0.1, 0.15) is 0 Å². The summed E-state index contributed by atoms with van der Waals surface area (Å²) in [5.74, 6) is 0.415. The number of hydrogen-bond donors (Lipinski definition) is 1. The van der Waals surface area contributed by atoms with Gasteiger partial charge in [0.2, 0.25) is 5.95 Å². The van der Waals surface area contributed by atoms with Crippen LogP contribution in [-0.4, -0.2) is 9.55 Å². The molecule has 0 aliphatic carbocycles. The fraction of sp³-hybridized carbons (Fsp3) is 0.308. The van der Waals surface area contributed by atoms with Gasteiger partial charge < -0.3 is 9.88 Å². The maximum Gasteiger partial charge on any atom is 0.418 e. The van der Waals surface area contributed by atoms with Crippen molar-refractivity contribution < 1.29 is 13.2 Å². The number of halogens is 3. The van der Waals surface area contributed by atoms with Crippen molar-refractivity contribution in [2.24, 2.45) is 0 Å². The number of para-hydroxylation sites is 1. The van der Waals surface area contributed by atoms with Crippen LogP contribution in [0, 0.1) is 0 Å². The van der Waals surface area contributed by atoms with E-state index >= 15 is 0 Å². The number of rotatable bonds is 4. The summed E-state index contributed by atoms with van der Waals surface area (Å²) >= 11 is 0. The van der Waals surface area contributed by atoms with Crippen molar-refractivity contribution in [1.29, 1.82) is 0 Å². The van der Waals surface area contributed by atoms with Crippen LogP contribution < -0.4 is 5.32 Å². The topological polar surface area (TPSA) is 29.9 Å². The third-order valence-corrected chi connectivity index (χ3v) is 2.66. The van der Waals surface area contributed by atoms with Gasteiger partial charge in [0.25, 0.3) is 0 Å². The minimum atomic E-state index is -4.38. The number of aryl methyl sites for hydroxylation is 1. The average molecular weight is 269 g/mol. The van der Waals surface area contributed by atoms with E-state index in [1.54, 1.807) is 23.0 Å². The summed E-state index contributed by atoms with van der Waals surface area (Å²) in [5.41, 5.74) is -0.681. The van der Waals surface area contributed by atoms with Crippen molar-refractivity contribution in [3.05, 3.63) is 42.2 Å². The summed E-state index contributed by atoms with van der Waals surface area (Å²) in [7, 11) is 0. The van der Waals surface area contributed by atoms with Crippen LogP contribution in [0.1, 0.15) is 18.9 Å². The Morgan fingerprint density at radius 1 is 1.26 bits per heavy atom. The molecular weight excluding hydrogens is 255 g/mol. The molecule has 2 aromatic rings. The molecule has 0 saturated heterocycles. The molecule has 19 heavy (non-hydrogen) atoms. The molecule has 1 aromatic heterocycles. The summed E-state index contributed by atoms with van der Waals surface area (Å²) in [6.07, 6.45) is -0.200. The van der Waals surface area contributed by atoms with Crippen LogP contribution in [0.2, 0.25) is 0 Å². The minimum absolute atomic E-state index is 0.0125. The van der Waals surface area contributed by atoms with Crippen LogP contribution >= 0.6 is 0 Å². The Kier molecular flexibility index (Phi) is 3.78. The molecule has 1 heterocycles. The Hall–Kier alpha value is -1.98. The Labute approximate surface area is 109 Å². The van der Waals surface area contributed by atoms with Gasteiger partial charge in [-0.15, -0.1) is 0 Å². The monoisotopic (exact) mass is 269 g/mol. The highest BCUT2D eigenvalue weighted by atomic mass is 19.4. The van der Waals surface area contributed by atoms with Gasteiger partial charge >= 0.3 is 6.18 Å². The number of aromatic nitrogens is 2. The van der Waals surface area contributed by atoms with Gasteiger partial charge in [0.05, 0.1) is 11.3 Å². The van der Waals surface area contributed by atoms with Crippen LogP contribution in [0.3, 0.4) is 0 Å². The standard InChI is InChI=1S/C13H14F3N3/c1-2-8-19-9-7-17-12(19)18-11-6-4-3-5-10(11)13(14,15)16/h3-7,9H,2,8H2,1H3,(H,17,18). The van der Waals surface area contributed by atoms with Crippen LogP contribution in [-0.2, 0) is 12.7 Å². The van der Waals surface area contributed by atoms with Crippen molar-refractivity contribution in [2.75, 3.05) is 5.32 Å². The third-order valence-electron chi connectivity index (χ3n) is 2.66. The predicted octanol–water partition coefficient (Wildman–Crippen LogP) is 4.06. The molecule has 0 radical (unpaired) electrons. The molecule has 0 unspecified atom stereocenters. The number of benzene rings is 1. The number of alkyl halides is 3. The summed E-state index contributed by atoms with van der Waals surface area (Å²) in [6, 6.07) is 5.38. The maximum absolute atomic E-state index is 12.9. The summed E-state index contributed by atoms with van der Waals surface area (Å²) in [5, 5.41) is 2.74. The highest BCUT2D eigenvalue weighted by molar-refractivity contribution is 5.59. The fourth-order valence-corrected chi connectivity index (χ4v) is 1.81. The highest BCUT2D eigenvalue weighted by Crippen LogP contribution is 2.35. The van der Waals surface area contributed by atoms with Gasteiger partial charge in [0.15, 0.2) is 0 Å². The van der Waals surface area contributed by atoms with Crippen molar-refractivity contribution >= 4 is 11.6 Å². The smallest absolute Gasteiger partial charge is 0.325 e. The average Bonchev–Trinajstić information content (AvgIpc) is 2.77. The Morgan fingerprint density at radius 2 is 2.00 bits per heavy atom. The lowest BCUT2D eigenvalue weighted by molar-refractivity contribution is -0.136. The van der Waals surface area contributed by atoms with Gasteiger partial charge in [0, 0.05) is 18.9 Å². The van der Waals surface area contributed by atoms with Crippen LogP contribution in [0.5, 0.6) is 0 Å². The highest BCUT2D eigenvalue weighted by Gasteiger charge is 2.33. The first kappa shape index (κ1) is 13.5. The zero-order valence-corrected chi connectivity index (χ0v) is 10.4. The van der Waals surface area contributed by atoms with Crippen molar-refractivity contribution in [2.45, 2.75) is 26.1 Å². The first-order chi connectivity index (χ1) is 9.02. The lowest BCUT2D eigenvalue weighted by Gasteiger charge is -2.14. The predicted molar refractivity (Wildman–Crippen MR) is 67.2 cm³/mol. The normalized spacial score (nSPS) is 11.6. The summed E-state index contributed by atoms with van der Waals surface area (Å²) in [4.78, 5) is 4.04. The van der Waals surface area contributed by atoms with E-state index in [-0.39, 0.29) is 5.69 Å². The summed E-state index contributed by atoms with van der Waals surface area (Å²) in [6.45, 7) is 2.70. The first-order valence-corrected chi connectivity index (χ1v) is 5.96. The molecule has 1 N–H and O–H groups in total. The lowest BCUT2D eigenvalue weighted by Crippen LogP contribution is -2.10. The van der Waals surface area contributed by atoms with Crippen molar-refractivity contribution in [3.63, 3.8) is 0 Å². The number of nitrogens with one attached hydrogen (secondary N) is 1. The van der Waals surface area contributed by atoms with Crippen molar-refractivity contribution in [1.82, 2.24) is 9.55 Å². The van der Waals surface area contributed by atoms with E-state index in [1.807, 2.05) is 6.92 Å². The minimum Gasteiger partial charge on any atom is -0.325 e. The van der Waals surface area contributed by atoms with E-state index < -0.39 is 11.7 Å². The second kappa shape index (κ2) is 5.34. The zero-order valence-electron chi connectivity index (χ0n) is 10.4. The van der Waals surface area contributed by atoms with E-state index in [9.17, 15) is 13.2 Å². The van der Waals surface area contributed by atoms with Gasteiger partial charge in [-0.1, -0.05) is 19.1 Å². The SMILES string of the molecule is CCCn1ccnc1Nc1ccccc1C(F)(F)F. The second-order valence-electron chi connectivity index (χ2n) is 4.11. The molecular formula is C13H14F3N3. The largest absolute Gasteiger partial charge is 0.418 e. The van der Waals surface area contributed by atoms with Gasteiger partial charge in [-0.25, -0.2) is 4.98 Å². The van der Waals surface area contributed by atoms with Gasteiger partial charge in [-0.05, 0) is 18.6 Å². The molecule has 102 valence electrons. The number of anilines is 2. The molecule has 3 nitrogen and oxygen atoms in total. The summed E-state index contributed by atoms with van der Waals surface area (Å²) < 4.78 is 40.4. The number of hydrogen-bond acceptors (Lipinski definition) is 2. The molecule has 0 fully saturated rings. The fourth-order valence-electron chi connectivity index (χ4n) is 1.81. The lowest BCUT2D eigenvalue weighted by atomic mass is 10.1. The molecule has 2 rings (SSSR count). The first-order valence-electron chi connectivity index (χ1n) is 5.96. The Balaban J connectivity index is 2.31. The van der Waals surface area contributed by atoms with Crippen LogP contribution in [0.4, 0.5) is 24.8 Å². The van der Waals surface area contributed by atoms with E-state index in [0.29, 0.717) is 12.5 Å². The number of nitrogens with zero attached hydrogens (tertiary/aromatic N) is 2. The molecule has 0 atom stereocenters.